The molecule has 80 valence electrons. The second-order valence-electron chi connectivity index (χ2n) is 3.45. The Bertz CT molecular complexity index is 344. The first-order valence-corrected chi connectivity index (χ1v) is 6.24. The molecule has 3 heteroatoms. The molecule has 0 aliphatic carbocycles. The lowest BCUT2D eigenvalue weighted by Gasteiger charge is -2.08. The maximum absolute atomic E-state index is 8.89. The van der Waals surface area contributed by atoms with Crippen LogP contribution in [0.4, 0.5) is 0 Å². The van der Waals surface area contributed by atoms with E-state index in [9.17, 15) is 0 Å². The van der Waals surface area contributed by atoms with Crippen molar-refractivity contribution in [2.24, 2.45) is 5.73 Å². The maximum atomic E-state index is 8.89. The van der Waals surface area contributed by atoms with Crippen LogP contribution in [0.2, 0.25) is 0 Å². The summed E-state index contributed by atoms with van der Waals surface area (Å²) in [7, 11) is 0. The summed E-state index contributed by atoms with van der Waals surface area (Å²) in [5.74, 6) is 1.83. The van der Waals surface area contributed by atoms with Crippen LogP contribution in [0.5, 0.6) is 0 Å². The summed E-state index contributed by atoms with van der Waals surface area (Å²) in [5, 5.41) is 8.89. The predicted octanol–water partition coefficient (Wildman–Crippen LogP) is 2.53. The molecule has 1 atom stereocenters. The van der Waals surface area contributed by atoms with Gasteiger partial charge < -0.3 is 5.73 Å². The van der Waals surface area contributed by atoms with Gasteiger partial charge in [-0.3, -0.25) is 0 Å². The van der Waals surface area contributed by atoms with Gasteiger partial charge in [-0.1, -0.05) is 25.1 Å². The van der Waals surface area contributed by atoms with E-state index in [1.165, 1.54) is 0 Å². The number of nitrogens with two attached hydrogens (primary N) is 1. The molecule has 1 aromatic carbocycles. The third-order valence-electron chi connectivity index (χ3n) is 2.25. The smallest absolute Gasteiger partial charge is 0.0994 e. The summed E-state index contributed by atoms with van der Waals surface area (Å²) in [6, 6.07) is 10.2. The van der Waals surface area contributed by atoms with Crippen molar-refractivity contribution in [3.8, 4) is 6.07 Å². The lowest BCUT2D eigenvalue weighted by molar-refractivity contribution is 0.725. The summed E-state index contributed by atoms with van der Waals surface area (Å²) in [5.41, 5.74) is 7.70. The fraction of sp³-hybridized carbons (Fsp3) is 0.417. The summed E-state index contributed by atoms with van der Waals surface area (Å²) in [6.07, 6.45) is 1.01. The van der Waals surface area contributed by atoms with Crippen LogP contribution in [-0.2, 0) is 5.75 Å². The van der Waals surface area contributed by atoms with E-state index in [0.29, 0.717) is 0 Å². The Kier molecular flexibility index (Phi) is 5.23. The molecule has 2 nitrogen and oxygen atoms in total. The van der Waals surface area contributed by atoms with E-state index in [2.05, 4.69) is 13.0 Å². The van der Waals surface area contributed by atoms with E-state index in [0.717, 1.165) is 29.1 Å². The molecule has 0 spiro atoms. The minimum absolute atomic E-state index is 0.268. The number of rotatable bonds is 5. The SMILES string of the molecule is CCC(N)CSCc1ccccc1C#N. The first kappa shape index (κ1) is 12.1. The highest BCUT2D eigenvalue weighted by Crippen LogP contribution is 2.16. The molecule has 1 rings (SSSR count). The van der Waals surface area contributed by atoms with E-state index < -0.39 is 0 Å². The van der Waals surface area contributed by atoms with Crippen molar-refractivity contribution < 1.29 is 0 Å². The van der Waals surface area contributed by atoms with Gasteiger partial charge in [0.25, 0.3) is 0 Å². The minimum atomic E-state index is 0.268. The molecule has 1 unspecified atom stereocenters. The lowest BCUT2D eigenvalue weighted by Crippen LogP contribution is -2.21. The van der Waals surface area contributed by atoms with Crippen molar-refractivity contribution in [1.29, 1.82) is 5.26 Å². The lowest BCUT2D eigenvalue weighted by atomic mass is 10.1. The molecule has 0 fully saturated rings. The quantitative estimate of drug-likeness (QED) is 0.829. The van der Waals surface area contributed by atoms with Gasteiger partial charge in [0, 0.05) is 17.5 Å². The number of nitriles is 1. The molecular formula is C12H16N2S. The average molecular weight is 220 g/mol. The van der Waals surface area contributed by atoms with Gasteiger partial charge in [-0.25, -0.2) is 0 Å². The topological polar surface area (TPSA) is 49.8 Å². The third-order valence-corrected chi connectivity index (χ3v) is 3.43. The summed E-state index contributed by atoms with van der Waals surface area (Å²) >= 11 is 1.79. The first-order valence-electron chi connectivity index (χ1n) is 5.09. The Morgan fingerprint density at radius 1 is 1.47 bits per heavy atom. The fourth-order valence-electron chi connectivity index (χ4n) is 1.19. The number of benzene rings is 1. The Morgan fingerprint density at radius 3 is 2.87 bits per heavy atom. The van der Waals surface area contributed by atoms with Crippen molar-refractivity contribution in [1.82, 2.24) is 0 Å². The van der Waals surface area contributed by atoms with E-state index in [-0.39, 0.29) is 6.04 Å². The zero-order valence-electron chi connectivity index (χ0n) is 8.94. The van der Waals surface area contributed by atoms with Crippen LogP contribution in [0.15, 0.2) is 24.3 Å². The number of nitrogens with zero attached hydrogens (tertiary/aromatic N) is 1. The summed E-state index contributed by atoms with van der Waals surface area (Å²) < 4.78 is 0. The van der Waals surface area contributed by atoms with Crippen LogP contribution < -0.4 is 5.73 Å². The Morgan fingerprint density at radius 2 is 2.20 bits per heavy atom. The second kappa shape index (κ2) is 6.49. The van der Waals surface area contributed by atoms with Crippen LogP contribution >= 0.6 is 11.8 Å². The molecule has 0 heterocycles. The number of hydrogen-bond donors (Lipinski definition) is 1. The highest BCUT2D eigenvalue weighted by Gasteiger charge is 2.03. The normalized spacial score (nSPS) is 12.1. The minimum Gasteiger partial charge on any atom is -0.327 e. The van der Waals surface area contributed by atoms with Gasteiger partial charge >= 0.3 is 0 Å². The summed E-state index contributed by atoms with van der Waals surface area (Å²) in [4.78, 5) is 0. The molecule has 0 aromatic heterocycles. The molecule has 0 amide bonds. The van der Waals surface area contributed by atoms with Crippen molar-refractivity contribution in [2.75, 3.05) is 5.75 Å². The maximum Gasteiger partial charge on any atom is 0.0994 e. The molecule has 0 bridgehead atoms. The Hall–Kier alpha value is -0.980. The van der Waals surface area contributed by atoms with Crippen LogP contribution in [0, 0.1) is 11.3 Å². The highest BCUT2D eigenvalue weighted by molar-refractivity contribution is 7.98. The molecule has 1 aromatic rings. The van der Waals surface area contributed by atoms with E-state index in [1.807, 2.05) is 24.3 Å². The fourth-order valence-corrected chi connectivity index (χ4v) is 2.32. The van der Waals surface area contributed by atoms with E-state index in [1.54, 1.807) is 11.8 Å². The molecule has 15 heavy (non-hydrogen) atoms. The van der Waals surface area contributed by atoms with Gasteiger partial charge in [0.05, 0.1) is 11.6 Å². The molecule has 0 aliphatic heterocycles. The average Bonchev–Trinajstić information content (AvgIpc) is 2.29. The van der Waals surface area contributed by atoms with E-state index in [4.69, 9.17) is 11.0 Å². The van der Waals surface area contributed by atoms with Crippen LogP contribution in [0.1, 0.15) is 24.5 Å². The third kappa shape index (κ3) is 3.94. The van der Waals surface area contributed by atoms with E-state index >= 15 is 0 Å². The van der Waals surface area contributed by atoms with Crippen LogP contribution in [0.3, 0.4) is 0 Å². The van der Waals surface area contributed by atoms with Crippen molar-refractivity contribution in [3.63, 3.8) is 0 Å². The van der Waals surface area contributed by atoms with Gasteiger partial charge in [0.2, 0.25) is 0 Å². The molecule has 2 N–H and O–H groups in total. The van der Waals surface area contributed by atoms with Gasteiger partial charge in [-0.15, -0.1) is 0 Å². The molecule has 0 radical (unpaired) electrons. The number of hydrogen-bond acceptors (Lipinski definition) is 3. The first-order chi connectivity index (χ1) is 7.27. The van der Waals surface area contributed by atoms with Crippen molar-refractivity contribution >= 4 is 11.8 Å². The van der Waals surface area contributed by atoms with Gasteiger partial charge in [0.15, 0.2) is 0 Å². The van der Waals surface area contributed by atoms with Gasteiger partial charge in [0.1, 0.15) is 0 Å². The molecular weight excluding hydrogens is 204 g/mol. The largest absolute Gasteiger partial charge is 0.327 e. The van der Waals surface area contributed by atoms with Crippen molar-refractivity contribution in [2.45, 2.75) is 25.1 Å². The standard InChI is InChI=1S/C12H16N2S/c1-2-12(14)9-15-8-11-6-4-3-5-10(11)7-13/h3-6,12H,2,8-9,14H2,1H3. The van der Waals surface area contributed by atoms with Gasteiger partial charge in [-0.05, 0) is 18.1 Å². The molecule has 0 saturated carbocycles. The Labute approximate surface area is 95.5 Å². The summed E-state index contributed by atoms with van der Waals surface area (Å²) in [6.45, 7) is 2.09. The monoisotopic (exact) mass is 220 g/mol. The zero-order valence-corrected chi connectivity index (χ0v) is 9.76. The van der Waals surface area contributed by atoms with Crippen LogP contribution in [0.25, 0.3) is 0 Å². The Balaban J connectivity index is 2.47. The van der Waals surface area contributed by atoms with Gasteiger partial charge in [-0.2, -0.15) is 17.0 Å². The highest BCUT2D eigenvalue weighted by atomic mass is 32.2. The number of thioether (sulfide) groups is 1. The molecule has 0 saturated heterocycles. The zero-order chi connectivity index (χ0) is 11.1. The second-order valence-corrected chi connectivity index (χ2v) is 4.48. The van der Waals surface area contributed by atoms with Crippen LogP contribution in [-0.4, -0.2) is 11.8 Å². The van der Waals surface area contributed by atoms with Crippen molar-refractivity contribution in [3.05, 3.63) is 35.4 Å². The predicted molar refractivity (Wildman–Crippen MR) is 65.6 cm³/mol. The molecule has 0 aliphatic rings.